The van der Waals surface area contributed by atoms with Gasteiger partial charge in [0.15, 0.2) is 0 Å². The lowest BCUT2D eigenvalue weighted by molar-refractivity contribution is -0.0704. The molecule has 1 aliphatic heterocycles. The fraction of sp³-hybridized carbons (Fsp3) is 0.808. The number of aromatic amines is 1. The number of piperidine rings is 1. The number of H-pyrrole nitrogens is 1. The number of hydrogen-bond donors (Lipinski definition) is 2. The molecule has 6 atom stereocenters. The van der Waals surface area contributed by atoms with Crippen molar-refractivity contribution in [1.29, 1.82) is 0 Å². The van der Waals surface area contributed by atoms with Crippen LogP contribution in [0.15, 0.2) is 18.3 Å². The van der Waals surface area contributed by atoms with Gasteiger partial charge in [0.25, 0.3) is 0 Å². The van der Waals surface area contributed by atoms with Crippen LogP contribution in [0.1, 0.15) is 70.1 Å². The molecule has 0 spiro atoms. The van der Waals surface area contributed by atoms with Gasteiger partial charge in [0.1, 0.15) is 0 Å². The highest BCUT2D eigenvalue weighted by molar-refractivity contribution is 5.26. The lowest BCUT2D eigenvalue weighted by Gasteiger charge is -2.56. The van der Waals surface area contributed by atoms with Crippen molar-refractivity contribution in [3.8, 4) is 0 Å². The van der Waals surface area contributed by atoms with Gasteiger partial charge >= 0.3 is 0 Å². The van der Waals surface area contributed by atoms with Crippen LogP contribution < -0.4 is 0 Å². The Morgan fingerprint density at radius 2 is 2.00 bits per heavy atom. The van der Waals surface area contributed by atoms with Crippen LogP contribution in [0.4, 0.5) is 0 Å². The lowest BCUT2D eigenvalue weighted by atomic mass is 9.49. The molecule has 4 aliphatic rings. The molecule has 1 aromatic rings. The second-order valence-corrected chi connectivity index (χ2v) is 11.5. The van der Waals surface area contributed by atoms with E-state index in [2.05, 4.69) is 41.7 Å². The van der Waals surface area contributed by atoms with Crippen molar-refractivity contribution in [1.82, 2.24) is 15.1 Å². The number of aliphatic hydroxyl groups excluding tert-OH is 1. The average Bonchev–Trinajstić information content (AvgIpc) is 3.31. The molecule has 2 N–H and O–H groups in total. The van der Waals surface area contributed by atoms with E-state index in [-0.39, 0.29) is 10.8 Å². The summed E-state index contributed by atoms with van der Waals surface area (Å²) in [7, 11) is 0. The minimum Gasteiger partial charge on any atom is -0.396 e. The lowest BCUT2D eigenvalue weighted by Crippen LogP contribution is -2.54. The topological polar surface area (TPSA) is 52.2 Å². The monoisotopic (exact) mass is 411 g/mol. The van der Waals surface area contributed by atoms with Gasteiger partial charge in [-0.3, -0.25) is 5.10 Å². The molecule has 0 bridgehead atoms. The Labute approximate surface area is 182 Å². The zero-order valence-electron chi connectivity index (χ0n) is 19.1. The van der Waals surface area contributed by atoms with Gasteiger partial charge in [-0.1, -0.05) is 32.4 Å². The third kappa shape index (κ3) is 3.21. The second kappa shape index (κ2) is 7.78. The first-order valence-corrected chi connectivity index (χ1v) is 12.5. The molecular weight excluding hydrogens is 370 g/mol. The fourth-order valence-corrected chi connectivity index (χ4v) is 8.13. The third-order valence-electron chi connectivity index (χ3n) is 10.1. The zero-order valence-corrected chi connectivity index (χ0v) is 19.1. The number of allylic oxidation sites excluding steroid dienone is 1. The number of nitrogens with zero attached hydrogens (tertiary/aromatic N) is 2. The molecule has 5 rings (SSSR count). The summed E-state index contributed by atoms with van der Waals surface area (Å²) in [6.45, 7) is 13.5. The Morgan fingerprint density at radius 3 is 2.77 bits per heavy atom. The second-order valence-electron chi connectivity index (χ2n) is 11.5. The van der Waals surface area contributed by atoms with Gasteiger partial charge < -0.3 is 10.0 Å². The molecule has 2 heterocycles. The molecular formula is C26H41N3O. The summed E-state index contributed by atoms with van der Waals surface area (Å²) in [5.74, 6) is 2.23. The van der Waals surface area contributed by atoms with E-state index in [1.807, 2.05) is 0 Å². The van der Waals surface area contributed by atoms with Crippen LogP contribution in [0.25, 0.3) is 0 Å². The van der Waals surface area contributed by atoms with E-state index in [9.17, 15) is 5.11 Å². The molecule has 0 amide bonds. The summed E-state index contributed by atoms with van der Waals surface area (Å²) in [6.07, 6.45) is 13.3. The molecule has 2 saturated carbocycles. The van der Waals surface area contributed by atoms with E-state index in [1.54, 1.807) is 0 Å². The summed E-state index contributed by atoms with van der Waals surface area (Å²) < 4.78 is 0. The maximum absolute atomic E-state index is 10.7. The molecule has 166 valence electrons. The van der Waals surface area contributed by atoms with Crippen molar-refractivity contribution in [2.75, 3.05) is 26.2 Å². The molecule has 4 heteroatoms. The molecule has 30 heavy (non-hydrogen) atoms. The predicted octanol–water partition coefficient (Wildman–Crippen LogP) is 4.61. The Hall–Kier alpha value is -1.13. The van der Waals surface area contributed by atoms with Crippen LogP contribution in [0.5, 0.6) is 0 Å². The first kappa shape index (κ1) is 20.8. The van der Waals surface area contributed by atoms with Crippen molar-refractivity contribution < 1.29 is 5.11 Å². The number of aromatic nitrogens is 2. The zero-order chi connectivity index (χ0) is 20.9. The van der Waals surface area contributed by atoms with Gasteiger partial charge in [0, 0.05) is 18.8 Å². The third-order valence-corrected chi connectivity index (χ3v) is 10.1. The summed E-state index contributed by atoms with van der Waals surface area (Å²) in [5.41, 5.74) is 4.71. The van der Waals surface area contributed by atoms with Crippen molar-refractivity contribution >= 4 is 0 Å². The van der Waals surface area contributed by atoms with Gasteiger partial charge in [0.2, 0.25) is 0 Å². The minimum absolute atomic E-state index is 0.229. The summed E-state index contributed by atoms with van der Waals surface area (Å²) >= 11 is 0. The number of likely N-dealkylation sites (tertiary alicyclic amines) is 1. The summed E-state index contributed by atoms with van der Waals surface area (Å²) in [5, 5.41) is 18.4. The maximum atomic E-state index is 10.7. The Kier molecular flexibility index (Phi) is 5.38. The fourth-order valence-electron chi connectivity index (χ4n) is 8.13. The Bertz CT molecular complexity index is 781. The Balaban J connectivity index is 1.46. The van der Waals surface area contributed by atoms with Crippen molar-refractivity contribution in [2.45, 2.75) is 71.6 Å². The number of nitrogens with one attached hydrogen (secondary N) is 1. The van der Waals surface area contributed by atoms with Gasteiger partial charge in [-0.05, 0) is 105 Å². The molecule has 4 nitrogen and oxygen atoms in total. The molecule has 1 saturated heterocycles. The van der Waals surface area contributed by atoms with Gasteiger partial charge in [-0.2, -0.15) is 5.10 Å². The molecule has 1 aromatic heterocycles. The van der Waals surface area contributed by atoms with Gasteiger partial charge in [-0.15, -0.1) is 0 Å². The molecule has 0 unspecified atom stereocenters. The molecule has 0 radical (unpaired) electrons. The number of fused-ring (bicyclic) bond motifs is 2. The average molecular weight is 412 g/mol. The number of rotatable bonds is 4. The summed E-state index contributed by atoms with van der Waals surface area (Å²) in [4.78, 5) is 2.73. The number of aliphatic hydroxyl groups is 1. The summed E-state index contributed by atoms with van der Waals surface area (Å²) in [6, 6.07) is 0. The SMILES string of the molecule is C=C1CC[C@H]2[C@H](CO)[C@@H]([C@@]3(C)Cc4cn[nH]c4C[C@@H]3CN3CCCCC3)CC[C@]12C. The molecule has 3 fully saturated rings. The van der Waals surface area contributed by atoms with E-state index in [1.165, 1.54) is 75.0 Å². The van der Waals surface area contributed by atoms with Crippen LogP contribution in [0.3, 0.4) is 0 Å². The standard InChI is InChI=1S/C26H41N3O/c1-18-7-8-22-21(17-30)23(9-10-25(18,22)2)26(3)14-19-15-27-28-24(19)13-20(26)16-29-11-5-4-6-12-29/h15,20-23,30H,1,4-14,16-17H2,2-3H3,(H,27,28)/t20-,21+,22+,23+,25-,26+/m1/s1. The van der Waals surface area contributed by atoms with Crippen LogP contribution in [0.2, 0.25) is 0 Å². The first-order chi connectivity index (χ1) is 14.5. The molecule has 0 aromatic carbocycles. The minimum atomic E-state index is 0.229. The van der Waals surface area contributed by atoms with E-state index in [0.717, 1.165) is 19.3 Å². The van der Waals surface area contributed by atoms with Crippen molar-refractivity contribution in [3.63, 3.8) is 0 Å². The van der Waals surface area contributed by atoms with Crippen LogP contribution >= 0.6 is 0 Å². The van der Waals surface area contributed by atoms with Crippen molar-refractivity contribution in [3.05, 3.63) is 29.6 Å². The van der Waals surface area contributed by atoms with E-state index < -0.39 is 0 Å². The van der Waals surface area contributed by atoms with E-state index in [4.69, 9.17) is 0 Å². The predicted molar refractivity (Wildman–Crippen MR) is 121 cm³/mol. The highest BCUT2D eigenvalue weighted by atomic mass is 16.3. The Morgan fingerprint density at radius 1 is 1.20 bits per heavy atom. The largest absolute Gasteiger partial charge is 0.396 e. The normalized spacial score (nSPS) is 42.2. The van der Waals surface area contributed by atoms with Gasteiger partial charge in [0.05, 0.1) is 6.20 Å². The van der Waals surface area contributed by atoms with Crippen LogP contribution in [0, 0.1) is 34.5 Å². The van der Waals surface area contributed by atoms with Crippen LogP contribution in [-0.2, 0) is 12.8 Å². The van der Waals surface area contributed by atoms with Crippen LogP contribution in [-0.4, -0.2) is 46.4 Å². The van der Waals surface area contributed by atoms with Crippen molar-refractivity contribution in [2.24, 2.45) is 34.5 Å². The maximum Gasteiger partial charge on any atom is 0.0522 e. The van der Waals surface area contributed by atoms with Gasteiger partial charge in [-0.25, -0.2) is 0 Å². The quantitative estimate of drug-likeness (QED) is 0.712. The highest BCUT2D eigenvalue weighted by Gasteiger charge is 2.56. The number of hydrogen-bond acceptors (Lipinski definition) is 3. The highest BCUT2D eigenvalue weighted by Crippen LogP contribution is 2.62. The first-order valence-electron chi connectivity index (χ1n) is 12.5. The smallest absolute Gasteiger partial charge is 0.0522 e. The van der Waals surface area contributed by atoms with E-state index in [0.29, 0.717) is 30.3 Å². The van der Waals surface area contributed by atoms with E-state index >= 15 is 0 Å². The molecule has 3 aliphatic carbocycles.